The molecule has 0 bridgehead atoms. The number of aromatic nitrogens is 3. The smallest absolute Gasteiger partial charge is 0.229 e. The van der Waals surface area contributed by atoms with Gasteiger partial charge in [-0.25, -0.2) is 0 Å². The van der Waals surface area contributed by atoms with Crippen LogP contribution in [0.5, 0.6) is 0 Å². The monoisotopic (exact) mass is 320 g/mol. The Morgan fingerprint density at radius 1 is 1.29 bits per heavy atom. The van der Waals surface area contributed by atoms with E-state index in [4.69, 9.17) is 0 Å². The van der Waals surface area contributed by atoms with Crippen molar-refractivity contribution in [1.29, 1.82) is 0 Å². The highest BCUT2D eigenvalue weighted by Gasteiger charge is 2.29. The van der Waals surface area contributed by atoms with Gasteiger partial charge in [-0.2, -0.15) is 0 Å². The van der Waals surface area contributed by atoms with Crippen molar-refractivity contribution < 1.29 is 4.79 Å². The highest BCUT2D eigenvalue weighted by Crippen LogP contribution is 2.36. The van der Waals surface area contributed by atoms with Crippen LogP contribution in [0, 0.1) is 6.92 Å². The standard InChI is InChI=1S/C19H20N4O/c1-12-9-21-13(10-20-12)11-22-19(24)16-7-4-6-15-14-5-2-3-8-17(14)23-18(15)16/h2-3,5,8-10,16,23H,4,6-7,11H2,1H3,(H,22,24). The summed E-state index contributed by atoms with van der Waals surface area (Å²) >= 11 is 0. The van der Waals surface area contributed by atoms with Gasteiger partial charge < -0.3 is 10.3 Å². The number of benzene rings is 1. The summed E-state index contributed by atoms with van der Waals surface area (Å²) in [5.41, 5.74) is 5.15. The lowest BCUT2D eigenvalue weighted by Crippen LogP contribution is -2.31. The Bertz CT molecular complexity index is 882. The summed E-state index contributed by atoms with van der Waals surface area (Å²) < 4.78 is 0. The lowest BCUT2D eigenvalue weighted by atomic mass is 9.86. The van der Waals surface area contributed by atoms with Gasteiger partial charge in [-0.05, 0) is 37.8 Å². The van der Waals surface area contributed by atoms with Gasteiger partial charge in [0.1, 0.15) is 0 Å². The molecule has 2 heterocycles. The molecule has 0 radical (unpaired) electrons. The summed E-state index contributed by atoms with van der Waals surface area (Å²) in [4.78, 5) is 24.7. The summed E-state index contributed by atoms with van der Waals surface area (Å²) in [6.45, 7) is 2.31. The minimum absolute atomic E-state index is 0.0601. The van der Waals surface area contributed by atoms with Crippen LogP contribution >= 0.6 is 0 Å². The molecule has 0 saturated carbocycles. The Labute approximate surface area is 140 Å². The van der Waals surface area contributed by atoms with Gasteiger partial charge >= 0.3 is 0 Å². The third kappa shape index (κ3) is 2.66. The normalized spacial score (nSPS) is 16.8. The fraction of sp³-hybridized carbons (Fsp3) is 0.316. The fourth-order valence-corrected chi connectivity index (χ4v) is 3.49. The predicted octanol–water partition coefficient (Wildman–Crippen LogP) is 3.00. The first-order valence-corrected chi connectivity index (χ1v) is 8.37. The summed E-state index contributed by atoms with van der Waals surface area (Å²) in [6, 6.07) is 8.28. The van der Waals surface area contributed by atoms with Crippen LogP contribution in [0.15, 0.2) is 36.7 Å². The van der Waals surface area contributed by atoms with Crippen molar-refractivity contribution in [2.45, 2.75) is 38.6 Å². The highest BCUT2D eigenvalue weighted by molar-refractivity contribution is 5.90. The number of H-pyrrole nitrogens is 1. The molecule has 1 atom stereocenters. The molecule has 0 aliphatic heterocycles. The Morgan fingerprint density at radius 2 is 2.17 bits per heavy atom. The van der Waals surface area contributed by atoms with E-state index >= 15 is 0 Å². The van der Waals surface area contributed by atoms with Crippen molar-refractivity contribution >= 4 is 16.8 Å². The number of fused-ring (bicyclic) bond motifs is 3. The predicted molar refractivity (Wildman–Crippen MR) is 92.6 cm³/mol. The van der Waals surface area contributed by atoms with E-state index in [0.717, 1.165) is 41.9 Å². The third-order valence-electron chi connectivity index (χ3n) is 4.71. The first-order valence-electron chi connectivity index (χ1n) is 8.37. The second-order valence-corrected chi connectivity index (χ2v) is 6.37. The number of nitrogens with one attached hydrogen (secondary N) is 2. The summed E-state index contributed by atoms with van der Waals surface area (Å²) in [5.74, 6) is -0.0514. The Balaban J connectivity index is 1.54. The number of hydrogen-bond acceptors (Lipinski definition) is 3. The minimum Gasteiger partial charge on any atom is -0.357 e. The van der Waals surface area contributed by atoms with Crippen LogP contribution in [0.3, 0.4) is 0 Å². The van der Waals surface area contributed by atoms with E-state index < -0.39 is 0 Å². The van der Waals surface area contributed by atoms with Gasteiger partial charge in [-0.3, -0.25) is 14.8 Å². The number of hydrogen-bond donors (Lipinski definition) is 2. The molecule has 0 spiro atoms. The van der Waals surface area contributed by atoms with Gasteiger partial charge in [-0.15, -0.1) is 0 Å². The summed E-state index contributed by atoms with van der Waals surface area (Å²) in [7, 11) is 0. The molecule has 3 aromatic rings. The maximum atomic E-state index is 12.7. The van der Waals surface area contributed by atoms with Gasteiger partial charge in [0.2, 0.25) is 5.91 Å². The number of carbonyl (C=O) groups excluding carboxylic acids is 1. The van der Waals surface area contributed by atoms with E-state index in [0.29, 0.717) is 6.54 Å². The molecular formula is C19H20N4O. The average Bonchev–Trinajstić information content (AvgIpc) is 2.99. The van der Waals surface area contributed by atoms with Crippen LogP contribution in [0.2, 0.25) is 0 Å². The van der Waals surface area contributed by atoms with E-state index in [-0.39, 0.29) is 11.8 Å². The lowest BCUT2D eigenvalue weighted by Gasteiger charge is -2.22. The second-order valence-electron chi connectivity index (χ2n) is 6.37. The number of aromatic amines is 1. The van der Waals surface area contributed by atoms with Gasteiger partial charge in [0.05, 0.1) is 30.0 Å². The fourth-order valence-electron chi connectivity index (χ4n) is 3.49. The van der Waals surface area contributed by atoms with Gasteiger partial charge in [-0.1, -0.05) is 18.2 Å². The summed E-state index contributed by atoms with van der Waals surface area (Å²) in [5, 5.41) is 4.26. The lowest BCUT2D eigenvalue weighted by molar-refractivity contribution is -0.123. The Hall–Kier alpha value is -2.69. The molecule has 24 heavy (non-hydrogen) atoms. The van der Waals surface area contributed by atoms with Gasteiger partial charge in [0.25, 0.3) is 0 Å². The molecular weight excluding hydrogens is 300 g/mol. The highest BCUT2D eigenvalue weighted by atomic mass is 16.1. The van der Waals surface area contributed by atoms with Crippen LogP contribution in [-0.4, -0.2) is 20.9 Å². The Morgan fingerprint density at radius 3 is 3.00 bits per heavy atom. The molecule has 122 valence electrons. The molecule has 1 aliphatic rings. The van der Waals surface area contributed by atoms with Crippen molar-refractivity contribution in [3.05, 3.63) is 59.3 Å². The Kier molecular flexibility index (Phi) is 3.76. The molecule has 0 saturated heterocycles. The second kappa shape index (κ2) is 6.07. The van der Waals surface area contributed by atoms with E-state index in [9.17, 15) is 4.79 Å². The zero-order valence-corrected chi connectivity index (χ0v) is 13.7. The largest absolute Gasteiger partial charge is 0.357 e. The van der Waals surface area contributed by atoms with Crippen molar-refractivity contribution in [3.8, 4) is 0 Å². The average molecular weight is 320 g/mol. The van der Waals surface area contributed by atoms with Crippen molar-refractivity contribution in [1.82, 2.24) is 20.3 Å². The number of amides is 1. The van der Waals surface area contributed by atoms with Crippen molar-refractivity contribution in [3.63, 3.8) is 0 Å². The molecule has 1 aliphatic carbocycles. The van der Waals surface area contributed by atoms with Crippen molar-refractivity contribution in [2.24, 2.45) is 0 Å². The SMILES string of the molecule is Cc1cnc(CNC(=O)C2CCCc3c2[nH]c2ccccc32)cn1. The number of carbonyl (C=O) groups is 1. The number of aryl methyl sites for hydroxylation is 2. The molecule has 1 unspecified atom stereocenters. The minimum atomic E-state index is -0.112. The first kappa shape index (κ1) is 14.9. The zero-order chi connectivity index (χ0) is 16.5. The van der Waals surface area contributed by atoms with Crippen LogP contribution in [0.4, 0.5) is 0 Å². The molecule has 1 amide bonds. The molecule has 5 nitrogen and oxygen atoms in total. The van der Waals surface area contributed by atoms with E-state index in [1.54, 1.807) is 12.4 Å². The van der Waals surface area contributed by atoms with E-state index in [1.165, 1.54) is 10.9 Å². The maximum absolute atomic E-state index is 12.7. The molecule has 2 N–H and O–H groups in total. The first-order chi connectivity index (χ1) is 11.7. The molecule has 5 heteroatoms. The van der Waals surface area contributed by atoms with Gasteiger partial charge in [0.15, 0.2) is 0 Å². The van der Waals surface area contributed by atoms with E-state index in [1.807, 2.05) is 13.0 Å². The zero-order valence-electron chi connectivity index (χ0n) is 13.7. The molecule has 0 fully saturated rings. The molecule has 2 aromatic heterocycles. The quantitative estimate of drug-likeness (QED) is 0.779. The van der Waals surface area contributed by atoms with Crippen LogP contribution in [0.25, 0.3) is 10.9 Å². The van der Waals surface area contributed by atoms with Gasteiger partial charge in [0, 0.05) is 22.8 Å². The van der Waals surface area contributed by atoms with Crippen LogP contribution in [0.1, 0.15) is 41.4 Å². The van der Waals surface area contributed by atoms with Crippen LogP contribution < -0.4 is 5.32 Å². The number of para-hydroxylation sites is 1. The van der Waals surface area contributed by atoms with Crippen LogP contribution in [-0.2, 0) is 17.8 Å². The summed E-state index contributed by atoms with van der Waals surface area (Å²) in [6.07, 6.45) is 6.39. The maximum Gasteiger partial charge on any atom is 0.229 e. The molecule has 4 rings (SSSR count). The molecule has 1 aromatic carbocycles. The number of nitrogens with zero attached hydrogens (tertiary/aromatic N) is 2. The number of rotatable bonds is 3. The van der Waals surface area contributed by atoms with E-state index in [2.05, 4.69) is 38.5 Å². The van der Waals surface area contributed by atoms with Crippen molar-refractivity contribution in [2.75, 3.05) is 0 Å². The third-order valence-corrected chi connectivity index (χ3v) is 4.71. The topological polar surface area (TPSA) is 70.7 Å².